The molecule has 1 aliphatic heterocycles. The van der Waals surface area contributed by atoms with Gasteiger partial charge in [0.05, 0.1) is 13.3 Å². The molecule has 7 nitrogen and oxygen atoms in total. The van der Waals surface area contributed by atoms with Crippen molar-refractivity contribution in [3.05, 3.63) is 59.4 Å². The summed E-state index contributed by atoms with van der Waals surface area (Å²) >= 11 is 6.13. The molecule has 0 bridgehead atoms. The topological polar surface area (TPSA) is 72.0 Å². The highest BCUT2D eigenvalue weighted by atomic mass is 35.5. The Bertz CT molecular complexity index is 938. The molecule has 0 saturated carbocycles. The molecule has 0 N–H and O–H groups in total. The van der Waals surface area contributed by atoms with Crippen LogP contribution in [0.2, 0.25) is 5.02 Å². The summed E-state index contributed by atoms with van der Waals surface area (Å²) in [7, 11) is 1.29. The summed E-state index contributed by atoms with van der Waals surface area (Å²) in [6, 6.07) is 9.00. The number of amides is 1. The summed E-state index contributed by atoms with van der Waals surface area (Å²) in [5.41, 5.74) is 3.38. The maximum Gasteiger partial charge on any atom is 0.343 e. The fourth-order valence-electron chi connectivity index (χ4n) is 3.23. The van der Waals surface area contributed by atoms with E-state index < -0.39 is 5.97 Å². The highest BCUT2D eigenvalue weighted by molar-refractivity contribution is 6.30. The van der Waals surface area contributed by atoms with E-state index in [1.807, 2.05) is 25.1 Å². The van der Waals surface area contributed by atoms with Crippen LogP contribution in [0, 0.1) is 0 Å². The van der Waals surface area contributed by atoms with Crippen LogP contribution in [0.25, 0.3) is 5.57 Å². The molecule has 1 aromatic carbocycles. The number of benzene rings is 1. The van der Waals surface area contributed by atoms with Gasteiger partial charge in [-0.2, -0.15) is 0 Å². The van der Waals surface area contributed by atoms with Crippen LogP contribution in [0.15, 0.2) is 43.1 Å². The standard InChI is InChI=1S/C22H24ClN3O4/c1-15(2)18-12-16(23)4-7-20(18)25-8-10-26(11-9-25)22(28)19-6-5-17(13-24-19)30-14-21(27)29-3/h4-7,12-13H,1,8-11,14H2,2-3H3. The van der Waals surface area contributed by atoms with Gasteiger partial charge in [-0.3, -0.25) is 4.79 Å². The third-order valence-electron chi connectivity index (χ3n) is 4.87. The minimum absolute atomic E-state index is 0.134. The molecule has 0 aliphatic carbocycles. The molecule has 1 aliphatic rings. The van der Waals surface area contributed by atoms with Crippen LogP contribution >= 0.6 is 11.6 Å². The molecule has 1 saturated heterocycles. The van der Waals surface area contributed by atoms with Crippen LogP contribution in [0.5, 0.6) is 5.75 Å². The molecule has 0 unspecified atom stereocenters. The minimum atomic E-state index is -0.483. The second kappa shape index (κ2) is 9.63. The van der Waals surface area contributed by atoms with Gasteiger partial charge in [-0.1, -0.05) is 18.2 Å². The number of ether oxygens (including phenoxy) is 2. The number of piperazine rings is 1. The Balaban J connectivity index is 1.61. The largest absolute Gasteiger partial charge is 0.480 e. The number of pyridine rings is 1. The van der Waals surface area contributed by atoms with Crippen LogP contribution < -0.4 is 9.64 Å². The summed E-state index contributed by atoms with van der Waals surface area (Å²) in [6.45, 7) is 8.37. The summed E-state index contributed by atoms with van der Waals surface area (Å²) in [5.74, 6) is -0.217. The molecule has 3 rings (SSSR count). The molecule has 30 heavy (non-hydrogen) atoms. The van der Waals surface area contributed by atoms with E-state index in [1.165, 1.54) is 13.3 Å². The molecule has 0 spiro atoms. The first-order valence-corrected chi connectivity index (χ1v) is 9.92. The second-order valence-corrected chi connectivity index (χ2v) is 7.40. The lowest BCUT2D eigenvalue weighted by Crippen LogP contribution is -2.49. The second-order valence-electron chi connectivity index (χ2n) is 6.96. The van der Waals surface area contributed by atoms with Crippen LogP contribution in [0.3, 0.4) is 0 Å². The molecule has 1 fully saturated rings. The monoisotopic (exact) mass is 429 g/mol. The Kier molecular flexibility index (Phi) is 6.95. The lowest BCUT2D eigenvalue weighted by atomic mass is 10.1. The molecule has 2 aromatic rings. The van der Waals surface area contributed by atoms with Crippen LogP contribution in [-0.4, -0.2) is 61.7 Å². The molecule has 1 aromatic heterocycles. The van der Waals surface area contributed by atoms with Crippen molar-refractivity contribution in [2.24, 2.45) is 0 Å². The third kappa shape index (κ3) is 5.10. The number of aromatic nitrogens is 1. The van der Waals surface area contributed by atoms with Crippen molar-refractivity contribution in [1.29, 1.82) is 0 Å². The van der Waals surface area contributed by atoms with Crippen molar-refractivity contribution >= 4 is 34.7 Å². The van der Waals surface area contributed by atoms with Gasteiger partial charge < -0.3 is 19.3 Å². The number of hydrogen-bond acceptors (Lipinski definition) is 6. The highest BCUT2D eigenvalue weighted by Crippen LogP contribution is 2.30. The zero-order valence-electron chi connectivity index (χ0n) is 17.1. The molecular formula is C22H24ClN3O4. The lowest BCUT2D eigenvalue weighted by molar-refractivity contribution is -0.142. The predicted octanol–water partition coefficient (Wildman–Crippen LogP) is 3.28. The van der Waals surface area contributed by atoms with E-state index in [9.17, 15) is 9.59 Å². The van der Waals surface area contributed by atoms with Crippen molar-refractivity contribution in [2.45, 2.75) is 6.92 Å². The first-order valence-electron chi connectivity index (χ1n) is 9.54. The number of nitrogens with zero attached hydrogens (tertiary/aromatic N) is 3. The number of rotatable bonds is 6. The van der Waals surface area contributed by atoms with Crippen LogP contribution in [0.1, 0.15) is 23.0 Å². The predicted molar refractivity (Wildman–Crippen MR) is 116 cm³/mol. The smallest absolute Gasteiger partial charge is 0.343 e. The molecule has 0 atom stereocenters. The highest BCUT2D eigenvalue weighted by Gasteiger charge is 2.24. The quantitative estimate of drug-likeness (QED) is 0.656. The van der Waals surface area contributed by atoms with Gasteiger partial charge in [0.2, 0.25) is 0 Å². The first-order chi connectivity index (χ1) is 14.4. The number of allylic oxidation sites excluding steroid dienone is 1. The van der Waals surface area contributed by atoms with Crippen molar-refractivity contribution < 1.29 is 19.1 Å². The summed E-state index contributed by atoms with van der Waals surface area (Å²) in [5, 5.41) is 0.677. The Hall–Kier alpha value is -3.06. The maximum absolute atomic E-state index is 12.8. The van der Waals surface area contributed by atoms with Gasteiger partial charge >= 0.3 is 5.97 Å². The normalized spacial score (nSPS) is 13.7. The zero-order chi connectivity index (χ0) is 21.7. The number of methoxy groups -OCH3 is 1. The van der Waals surface area contributed by atoms with Crippen molar-refractivity contribution in [2.75, 3.05) is 44.8 Å². The fourth-order valence-corrected chi connectivity index (χ4v) is 3.40. The van der Waals surface area contributed by atoms with Gasteiger partial charge in [-0.15, -0.1) is 0 Å². The zero-order valence-corrected chi connectivity index (χ0v) is 17.8. The average Bonchev–Trinajstić information content (AvgIpc) is 2.77. The van der Waals surface area contributed by atoms with Gasteiger partial charge in [-0.25, -0.2) is 9.78 Å². The van der Waals surface area contributed by atoms with E-state index in [1.54, 1.807) is 17.0 Å². The number of hydrogen-bond donors (Lipinski definition) is 0. The van der Waals surface area contributed by atoms with E-state index in [-0.39, 0.29) is 12.5 Å². The van der Waals surface area contributed by atoms with E-state index in [2.05, 4.69) is 21.2 Å². The summed E-state index contributed by atoms with van der Waals surface area (Å²) in [6.07, 6.45) is 1.43. The van der Waals surface area contributed by atoms with Crippen molar-refractivity contribution in [1.82, 2.24) is 9.88 Å². The van der Waals surface area contributed by atoms with Crippen molar-refractivity contribution in [3.63, 3.8) is 0 Å². The number of carbonyl (C=O) groups is 2. The fraction of sp³-hybridized carbons (Fsp3) is 0.318. The number of anilines is 1. The molecule has 8 heteroatoms. The van der Waals surface area contributed by atoms with Gasteiger partial charge in [0.1, 0.15) is 11.4 Å². The van der Waals surface area contributed by atoms with E-state index >= 15 is 0 Å². The third-order valence-corrected chi connectivity index (χ3v) is 5.10. The van der Waals surface area contributed by atoms with Gasteiger partial charge in [0.15, 0.2) is 6.61 Å². The SMILES string of the molecule is C=C(C)c1cc(Cl)ccc1N1CCN(C(=O)c2ccc(OCC(=O)OC)cn2)CC1. The van der Waals surface area contributed by atoms with Crippen LogP contribution in [0.4, 0.5) is 5.69 Å². The van der Waals surface area contributed by atoms with Gasteiger partial charge in [0, 0.05) is 42.5 Å². The number of carbonyl (C=O) groups excluding carboxylic acids is 2. The molecule has 158 valence electrons. The average molecular weight is 430 g/mol. The van der Waals surface area contributed by atoms with E-state index in [4.69, 9.17) is 16.3 Å². The van der Waals surface area contributed by atoms with Gasteiger partial charge in [-0.05, 0) is 42.8 Å². The van der Waals surface area contributed by atoms with Crippen LogP contribution in [-0.2, 0) is 9.53 Å². The minimum Gasteiger partial charge on any atom is -0.480 e. The summed E-state index contributed by atoms with van der Waals surface area (Å²) < 4.78 is 9.78. The number of halogens is 1. The van der Waals surface area contributed by atoms with Gasteiger partial charge in [0.25, 0.3) is 5.91 Å². The maximum atomic E-state index is 12.8. The van der Waals surface area contributed by atoms with E-state index in [0.717, 1.165) is 16.8 Å². The molecule has 0 radical (unpaired) electrons. The first kappa shape index (κ1) is 21.6. The summed E-state index contributed by atoms with van der Waals surface area (Å²) in [4.78, 5) is 32.1. The Morgan fingerprint density at radius 1 is 1.17 bits per heavy atom. The molecular weight excluding hydrogens is 406 g/mol. The Morgan fingerprint density at radius 2 is 1.90 bits per heavy atom. The number of esters is 1. The van der Waals surface area contributed by atoms with Crippen molar-refractivity contribution in [3.8, 4) is 5.75 Å². The molecule has 2 heterocycles. The molecule has 1 amide bonds. The lowest BCUT2D eigenvalue weighted by Gasteiger charge is -2.37. The Labute approximate surface area is 180 Å². The Morgan fingerprint density at radius 3 is 2.50 bits per heavy atom. The van der Waals surface area contributed by atoms with E-state index in [0.29, 0.717) is 42.6 Å².